The summed E-state index contributed by atoms with van der Waals surface area (Å²) >= 11 is 3.37. The van der Waals surface area contributed by atoms with Gasteiger partial charge in [-0.3, -0.25) is 0 Å². The van der Waals surface area contributed by atoms with Crippen LogP contribution in [0.5, 0.6) is 11.5 Å². The number of fused-ring (bicyclic) bond motifs is 1. The van der Waals surface area contributed by atoms with Crippen molar-refractivity contribution in [1.29, 1.82) is 5.26 Å². The molecule has 0 saturated carbocycles. The van der Waals surface area contributed by atoms with Gasteiger partial charge in [0.25, 0.3) is 0 Å². The lowest BCUT2D eigenvalue weighted by Gasteiger charge is -2.08. The molecule has 1 aromatic heterocycles. The lowest BCUT2D eigenvalue weighted by molar-refractivity contribution is 0.432. The number of rotatable bonds is 1. The summed E-state index contributed by atoms with van der Waals surface area (Å²) in [6.07, 6.45) is 0. The molecule has 6 heteroatoms. The summed E-state index contributed by atoms with van der Waals surface area (Å²) < 4.78 is 14.1. The average Bonchev–Trinajstić information content (AvgIpc) is 2.49. The molecule has 0 aliphatic heterocycles. The number of pyridine rings is 1. The first-order valence-corrected chi connectivity index (χ1v) is 7.01. The molecule has 0 aliphatic carbocycles. The Morgan fingerprint density at radius 1 is 1.14 bits per heavy atom. The number of aromatic hydroxyl groups is 2. The highest BCUT2D eigenvalue weighted by Gasteiger charge is 2.12. The molecule has 0 amide bonds. The standard InChI is InChI=1S/C16H8BrFN2O2/c17-12-6-14(8-1-2-15(22)13(18)4-8)20-16-9(7-19)3-10(21)5-11(12)16/h1-6,21-22H. The van der Waals surface area contributed by atoms with Crippen LogP contribution in [0, 0.1) is 17.1 Å². The molecule has 0 bridgehead atoms. The van der Waals surface area contributed by atoms with Gasteiger partial charge in [0.1, 0.15) is 11.8 Å². The van der Waals surface area contributed by atoms with Gasteiger partial charge in [-0.25, -0.2) is 9.37 Å². The Morgan fingerprint density at radius 2 is 1.91 bits per heavy atom. The Morgan fingerprint density at radius 3 is 2.59 bits per heavy atom. The van der Waals surface area contributed by atoms with Gasteiger partial charge in [-0.2, -0.15) is 5.26 Å². The van der Waals surface area contributed by atoms with Crippen LogP contribution in [0.2, 0.25) is 0 Å². The van der Waals surface area contributed by atoms with Gasteiger partial charge in [0, 0.05) is 15.4 Å². The second-order valence-corrected chi connectivity index (χ2v) is 5.51. The van der Waals surface area contributed by atoms with Crippen molar-refractivity contribution in [2.24, 2.45) is 0 Å². The molecule has 0 fully saturated rings. The predicted octanol–water partition coefficient (Wildman–Crippen LogP) is 4.09. The molecular weight excluding hydrogens is 351 g/mol. The molecule has 3 rings (SSSR count). The van der Waals surface area contributed by atoms with E-state index in [9.17, 15) is 19.9 Å². The van der Waals surface area contributed by atoms with E-state index in [2.05, 4.69) is 20.9 Å². The SMILES string of the molecule is N#Cc1cc(O)cc2c(Br)cc(-c3ccc(O)c(F)c3)nc12. The van der Waals surface area contributed by atoms with Crippen LogP contribution in [-0.4, -0.2) is 15.2 Å². The lowest BCUT2D eigenvalue weighted by atomic mass is 10.1. The number of nitrogens with zero attached hydrogens (tertiary/aromatic N) is 2. The Hall–Kier alpha value is -2.65. The molecule has 4 nitrogen and oxygen atoms in total. The van der Waals surface area contributed by atoms with Gasteiger partial charge < -0.3 is 10.2 Å². The molecule has 3 aromatic rings. The molecular formula is C16H8BrFN2O2. The molecule has 2 aromatic carbocycles. The van der Waals surface area contributed by atoms with E-state index in [4.69, 9.17) is 0 Å². The van der Waals surface area contributed by atoms with Crippen LogP contribution in [0.15, 0.2) is 40.9 Å². The third-order valence-corrected chi connectivity index (χ3v) is 3.87. The molecule has 0 atom stereocenters. The molecule has 1 heterocycles. The lowest BCUT2D eigenvalue weighted by Crippen LogP contribution is -1.91. The molecule has 0 saturated heterocycles. The molecule has 22 heavy (non-hydrogen) atoms. The number of phenolic OH excluding ortho intramolecular Hbond substituents is 2. The number of hydrogen-bond donors (Lipinski definition) is 2. The van der Waals surface area contributed by atoms with Gasteiger partial charge >= 0.3 is 0 Å². The predicted molar refractivity (Wildman–Crippen MR) is 82.9 cm³/mol. The van der Waals surface area contributed by atoms with Crippen LogP contribution < -0.4 is 0 Å². The molecule has 0 spiro atoms. The van der Waals surface area contributed by atoms with E-state index in [1.165, 1.54) is 30.3 Å². The minimum absolute atomic E-state index is 0.0324. The summed E-state index contributed by atoms with van der Waals surface area (Å²) in [5.41, 5.74) is 1.53. The van der Waals surface area contributed by atoms with E-state index in [-0.39, 0.29) is 11.3 Å². The van der Waals surface area contributed by atoms with Crippen LogP contribution in [-0.2, 0) is 0 Å². The maximum absolute atomic E-state index is 13.5. The fourth-order valence-corrected chi connectivity index (χ4v) is 2.69. The van der Waals surface area contributed by atoms with Crippen molar-refractivity contribution >= 4 is 26.8 Å². The van der Waals surface area contributed by atoms with Crippen LogP contribution in [0.1, 0.15) is 5.56 Å². The van der Waals surface area contributed by atoms with E-state index < -0.39 is 11.6 Å². The van der Waals surface area contributed by atoms with E-state index in [0.29, 0.717) is 26.6 Å². The summed E-state index contributed by atoms with van der Waals surface area (Å²) in [5.74, 6) is -1.22. The van der Waals surface area contributed by atoms with Crippen LogP contribution in [0.4, 0.5) is 4.39 Å². The molecule has 0 unspecified atom stereocenters. The fraction of sp³-hybridized carbons (Fsp3) is 0. The summed E-state index contributed by atoms with van der Waals surface area (Å²) in [6.45, 7) is 0. The van der Waals surface area contributed by atoms with Crippen molar-refractivity contribution in [3.63, 3.8) is 0 Å². The van der Waals surface area contributed by atoms with E-state index in [1.54, 1.807) is 6.07 Å². The Labute approximate surface area is 133 Å². The first-order valence-electron chi connectivity index (χ1n) is 6.22. The zero-order valence-electron chi connectivity index (χ0n) is 11.0. The molecule has 108 valence electrons. The van der Waals surface area contributed by atoms with Crippen LogP contribution >= 0.6 is 15.9 Å². The van der Waals surface area contributed by atoms with E-state index in [0.717, 1.165) is 0 Å². The zero-order chi connectivity index (χ0) is 15.9. The number of aromatic nitrogens is 1. The van der Waals surface area contributed by atoms with E-state index in [1.807, 2.05) is 6.07 Å². The highest BCUT2D eigenvalue weighted by atomic mass is 79.9. The third kappa shape index (κ3) is 2.36. The van der Waals surface area contributed by atoms with Crippen LogP contribution in [0.25, 0.3) is 22.2 Å². The van der Waals surface area contributed by atoms with Crippen molar-refractivity contribution in [1.82, 2.24) is 4.98 Å². The third-order valence-electron chi connectivity index (χ3n) is 3.21. The summed E-state index contributed by atoms with van der Waals surface area (Å²) in [7, 11) is 0. The second-order valence-electron chi connectivity index (χ2n) is 4.66. The van der Waals surface area contributed by atoms with Gasteiger partial charge in [-0.1, -0.05) is 15.9 Å². The molecule has 0 radical (unpaired) electrons. The largest absolute Gasteiger partial charge is 0.508 e. The maximum Gasteiger partial charge on any atom is 0.165 e. The highest BCUT2D eigenvalue weighted by molar-refractivity contribution is 9.10. The number of halogens is 2. The number of nitriles is 1. The summed E-state index contributed by atoms with van der Waals surface area (Å²) in [6, 6.07) is 10.4. The topological polar surface area (TPSA) is 77.1 Å². The van der Waals surface area contributed by atoms with Crippen LogP contribution in [0.3, 0.4) is 0 Å². The molecule has 2 N–H and O–H groups in total. The minimum Gasteiger partial charge on any atom is -0.508 e. The van der Waals surface area contributed by atoms with Gasteiger partial charge in [-0.05, 0) is 36.4 Å². The van der Waals surface area contributed by atoms with Gasteiger partial charge in [0.05, 0.1) is 16.8 Å². The number of hydrogen-bond acceptors (Lipinski definition) is 4. The summed E-state index contributed by atoms with van der Waals surface area (Å²) in [5, 5.41) is 28.7. The quantitative estimate of drug-likeness (QED) is 0.686. The van der Waals surface area contributed by atoms with Crippen molar-refractivity contribution < 1.29 is 14.6 Å². The Bertz CT molecular complexity index is 951. The Balaban J connectivity index is 2.31. The summed E-state index contributed by atoms with van der Waals surface area (Å²) in [4.78, 5) is 4.38. The Kier molecular flexibility index (Phi) is 3.43. The minimum atomic E-state index is -0.748. The first kappa shape index (κ1) is 14.3. The van der Waals surface area contributed by atoms with Crippen molar-refractivity contribution in [2.75, 3.05) is 0 Å². The monoisotopic (exact) mass is 358 g/mol. The number of benzene rings is 2. The highest BCUT2D eigenvalue weighted by Crippen LogP contribution is 2.33. The maximum atomic E-state index is 13.5. The normalized spacial score (nSPS) is 10.6. The molecule has 0 aliphatic rings. The average molecular weight is 359 g/mol. The number of phenols is 2. The fourth-order valence-electron chi connectivity index (χ4n) is 2.17. The first-order chi connectivity index (χ1) is 10.5. The van der Waals surface area contributed by atoms with Crippen molar-refractivity contribution in [3.8, 4) is 28.8 Å². The zero-order valence-corrected chi connectivity index (χ0v) is 12.6. The second kappa shape index (κ2) is 5.28. The smallest absolute Gasteiger partial charge is 0.165 e. The van der Waals surface area contributed by atoms with Gasteiger partial charge in [0.15, 0.2) is 11.6 Å². The van der Waals surface area contributed by atoms with Crippen molar-refractivity contribution in [2.45, 2.75) is 0 Å². The van der Waals surface area contributed by atoms with E-state index >= 15 is 0 Å². The van der Waals surface area contributed by atoms with Crippen molar-refractivity contribution in [3.05, 3.63) is 52.3 Å². The van der Waals surface area contributed by atoms with Gasteiger partial charge in [-0.15, -0.1) is 0 Å². The van der Waals surface area contributed by atoms with Gasteiger partial charge in [0.2, 0.25) is 0 Å².